The SMILES string of the molecule is [2H]c1c([2H])c([2H])c2c(c1[2H])c1c([2H])c([2H])c([2H])c([2H])c1n2-c1cc2c3c(c1)N(c1ccccc1)c1ccccc1B3c1cc3c(cc1S2)Oc1cc(N(c2ccccc2)c2ccccc2)cc2c1B3c1ccccc1N2c1ccccc1. The summed E-state index contributed by atoms with van der Waals surface area (Å²) in [7, 11) is 0. The highest BCUT2D eigenvalue weighted by Gasteiger charge is 2.46. The van der Waals surface area contributed by atoms with Gasteiger partial charge in [0.2, 0.25) is 6.71 Å². The van der Waals surface area contributed by atoms with Crippen LogP contribution in [0.15, 0.2) is 264 Å². The van der Waals surface area contributed by atoms with Crippen LogP contribution < -0.4 is 52.2 Å². The first-order valence-corrected chi connectivity index (χ1v) is 25.6. The minimum Gasteiger partial charge on any atom is -0.458 e. The lowest BCUT2D eigenvalue weighted by atomic mass is 9.31. The summed E-state index contributed by atoms with van der Waals surface area (Å²) < 4.78 is 81.8. The van der Waals surface area contributed by atoms with Crippen molar-refractivity contribution in [1.82, 2.24) is 4.57 Å². The standard InChI is InChI=1S/C66H42B2N4OS/c1-5-21-43(22-6-1)69(44-23-7-2-8-24-44)47-37-59-65-62(39-47)73-61-42-63-54(41-53(61)67(65)51-31-15-19-35-57(51)70(59)45-25-9-3-10-26-45)68-52-32-16-20-36-58(52)71(46-27-11-4-12-28-46)60-38-48(40-64(74-63)66(60)68)72-55-33-17-13-29-49(55)50-30-14-18-34-56(50)72/h1-42H/i13D,14D,17D,18D,29D,30D,33D,34D. The van der Waals surface area contributed by atoms with Crippen molar-refractivity contribution in [3.8, 4) is 17.2 Å². The quantitative estimate of drug-likeness (QED) is 0.155. The van der Waals surface area contributed by atoms with Crippen molar-refractivity contribution < 1.29 is 15.7 Å². The summed E-state index contributed by atoms with van der Waals surface area (Å²) in [6.45, 7) is -0.522. The van der Waals surface area contributed by atoms with Crippen LogP contribution in [0.25, 0.3) is 27.5 Å². The van der Waals surface area contributed by atoms with E-state index in [0.29, 0.717) is 5.69 Å². The van der Waals surface area contributed by atoms with E-state index in [1.54, 1.807) is 16.3 Å². The van der Waals surface area contributed by atoms with Gasteiger partial charge in [-0.25, -0.2) is 0 Å². The van der Waals surface area contributed by atoms with E-state index >= 15 is 0 Å². The third kappa shape index (κ3) is 6.09. The van der Waals surface area contributed by atoms with Crippen molar-refractivity contribution >= 4 is 131 Å². The number of aromatic nitrogens is 1. The maximum Gasteiger partial charge on any atom is 0.256 e. The molecule has 4 aliphatic rings. The molecule has 0 aliphatic carbocycles. The van der Waals surface area contributed by atoms with Crippen LogP contribution in [0.5, 0.6) is 11.5 Å². The van der Waals surface area contributed by atoms with Gasteiger partial charge in [0, 0.05) is 77.8 Å². The third-order valence-corrected chi connectivity index (χ3v) is 16.2. The number of ether oxygens (including phenoxy) is 1. The largest absolute Gasteiger partial charge is 0.458 e. The van der Waals surface area contributed by atoms with Crippen LogP contribution in [-0.4, -0.2) is 18.0 Å². The lowest BCUT2D eigenvalue weighted by Gasteiger charge is -2.43. The minimum atomic E-state index is -0.484. The molecule has 0 radical (unpaired) electrons. The van der Waals surface area contributed by atoms with E-state index in [1.807, 2.05) is 54.6 Å². The Morgan fingerprint density at radius 1 is 0.392 bits per heavy atom. The molecule has 0 amide bonds. The van der Waals surface area contributed by atoms with Gasteiger partial charge in [-0.1, -0.05) is 169 Å². The zero-order valence-electron chi connectivity index (χ0n) is 47.4. The van der Waals surface area contributed by atoms with Gasteiger partial charge in [0.25, 0.3) is 6.71 Å². The number of fused-ring (bicyclic) bond motifs is 11. The van der Waals surface area contributed by atoms with Crippen molar-refractivity contribution in [2.24, 2.45) is 0 Å². The fraction of sp³-hybridized carbons (Fsp3) is 0. The molecule has 0 saturated heterocycles. The van der Waals surface area contributed by atoms with E-state index in [0.717, 1.165) is 105 Å². The van der Waals surface area contributed by atoms with E-state index in [2.05, 4.69) is 166 Å². The number of hydrogen-bond acceptors (Lipinski definition) is 5. The molecule has 11 aromatic carbocycles. The maximum absolute atomic E-state index is 9.45. The summed E-state index contributed by atoms with van der Waals surface area (Å²) in [5.74, 6) is 1.47. The highest BCUT2D eigenvalue weighted by atomic mass is 32.2. The van der Waals surface area contributed by atoms with Gasteiger partial charge >= 0.3 is 0 Å². The van der Waals surface area contributed by atoms with Crippen LogP contribution in [-0.2, 0) is 0 Å². The topological polar surface area (TPSA) is 23.9 Å². The van der Waals surface area contributed by atoms with Gasteiger partial charge in [0.15, 0.2) is 0 Å². The number of benzene rings is 11. The molecule has 16 rings (SSSR count). The summed E-state index contributed by atoms with van der Waals surface area (Å²) in [6, 6.07) is 68.4. The molecule has 0 atom stereocenters. The molecule has 0 N–H and O–H groups in total. The Hall–Kier alpha value is -9.10. The molecule has 12 aromatic rings. The fourth-order valence-electron chi connectivity index (χ4n) is 12.1. The molecule has 344 valence electrons. The number of nitrogens with zero attached hydrogens (tertiary/aromatic N) is 4. The number of para-hydroxylation sites is 8. The van der Waals surface area contributed by atoms with Crippen molar-refractivity contribution in [1.29, 1.82) is 0 Å². The van der Waals surface area contributed by atoms with Crippen LogP contribution in [0.1, 0.15) is 11.0 Å². The normalized spacial score (nSPS) is 14.9. The van der Waals surface area contributed by atoms with E-state index in [9.17, 15) is 5.48 Å². The molecule has 1 aromatic heterocycles. The summed E-state index contributed by atoms with van der Waals surface area (Å²) in [6.07, 6.45) is 0. The Balaban J connectivity index is 0.962. The number of rotatable bonds is 6. The first kappa shape index (κ1) is 34.3. The van der Waals surface area contributed by atoms with Gasteiger partial charge in [-0.15, -0.1) is 0 Å². The Labute approximate surface area is 445 Å². The Kier molecular flexibility index (Phi) is 7.51. The van der Waals surface area contributed by atoms with Gasteiger partial charge in [-0.3, -0.25) is 0 Å². The van der Waals surface area contributed by atoms with Crippen molar-refractivity contribution in [2.45, 2.75) is 9.79 Å². The third-order valence-electron chi connectivity index (χ3n) is 15.1. The highest BCUT2D eigenvalue weighted by Crippen LogP contribution is 2.48. The summed E-state index contributed by atoms with van der Waals surface area (Å²) in [5, 5.41) is 0.0606. The van der Waals surface area contributed by atoms with Gasteiger partial charge in [-0.2, -0.15) is 0 Å². The predicted molar refractivity (Wildman–Crippen MR) is 311 cm³/mol. The second-order valence-corrected chi connectivity index (χ2v) is 20.1. The lowest BCUT2D eigenvalue weighted by Crippen LogP contribution is -2.63. The van der Waals surface area contributed by atoms with E-state index in [1.165, 1.54) is 0 Å². The lowest BCUT2D eigenvalue weighted by molar-refractivity contribution is 0.486. The molecule has 8 heteroatoms. The minimum absolute atomic E-state index is 0.0303. The summed E-state index contributed by atoms with van der Waals surface area (Å²) in [4.78, 5) is 8.73. The Bertz CT molecular complexity index is 4610. The molecule has 0 spiro atoms. The van der Waals surface area contributed by atoms with Crippen molar-refractivity contribution in [3.05, 3.63) is 255 Å². The van der Waals surface area contributed by atoms with Gasteiger partial charge in [0.05, 0.1) is 27.7 Å². The first-order chi connectivity index (χ1) is 40.0. The van der Waals surface area contributed by atoms with Crippen LogP contribution in [0.3, 0.4) is 0 Å². The van der Waals surface area contributed by atoms with Crippen molar-refractivity contribution in [2.75, 3.05) is 14.7 Å². The molecule has 0 fully saturated rings. The molecule has 5 nitrogen and oxygen atoms in total. The Morgan fingerprint density at radius 2 is 0.905 bits per heavy atom. The van der Waals surface area contributed by atoms with E-state index < -0.39 is 24.2 Å². The highest BCUT2D eigenvalue weighted by molar-refractivity contribution is 8.00. The molecule has 4 aliphatic heterocycles. The molecule has 74 heavy (non-hydrogen) atoms. The van der Waals surface area contributed by atoms with Crippen molar-refractivity contribution in [3.63, 3.8) is 0 Å². The first-order valence-electron chi connectivity index (χ1n) is 28.7. The van der Waals surface area contributed by atoms with Crippen LogP contribution >= 0.6 is 11.8 Å². The zero-order chi connectivity index (χ0) is 55.4. The predicted octanol–water partition coefficient (Wildman–Crippen LogP) is 13.4. The molecule has 0 unspecified atom stereocenters. The maximum atomic E-state index is 9.45. The monoisotopic (exact) mass is 968 g/mol. The number of anilines is 9. The van der Waals surface area contributed by atoms with Gasteiger partial charge in [-0.05, 0) is 124 Å². The smallest absolute Gasteiger partial charge is 0.256 e. The van der Waals surface area contributed by atoms with Crippen LogP contribution in [0, 0.1) is 0 Å². The van der Waals surface area contributed by atoms with Gasteiger partial charge in [0.1, 0.15) is 11.5 Å². The fourth-order valence-corrected chi connectivity index (χ4v) is 13.3. The molecular weight excluding hydrogens is 918 g/mol. The molecule has 0 saturated carbocycles. The van der Waals surface area contributed by atoms with Gasteiger partial charge < -0.3 is 24.0 Å². The molecular formula is C66H42B2N4OS. The summed E-state index contributed by atoms with van der Waals surface area (Å²) in [5.41, 5.74) is 15.8. The average molecular weight is 969 g/mol. The second kappa shape index (κ2) is 16.2. The van der Waals surface area contributed by atoms with E-state index in [-0.39, 0.29) is 59.4 Å². The van der Waals surface area contributed by atoms with E-state index in [4.69, 9.17) is 10.2 Å². The average Bonchev–Trinajstić information content (AvgIpc) is 1.43. The zero-order valence-corrected chi connectivity index (χ0v) is 40.2. The molecule has 0 bridgehead atoms. The second-order valence-electron chi connectivity index (χ2n) is 19.0. The van der Waals surface area contributed by atoms with Crippen LogP contribution in [0.2, 0.25) is 0 Å². The molecule has 5 heterocycles. The Morgan fingerprint density at radius 3 is 1.50 bits per heavy atom. The number of hydrogen-bond donors (Lipinski definition) is 0. The summed E-state index contributed by atoms with van der Waals surface area (Å²) >= 11 is 1.60. The van der Waals surface area contributed by atoms with Crippen LogP contribution in [0.4, 0.5) is 51.2 Å².